The van der Waals surface area contributed by atoms with Crippen LogP contribution in [0.25, 0.3) is 0 Å². The molecule has 0 bridgehead atoms. The van der Waals surface area contributed by atoms with Crippen molar-refractivity contribution in [3.05, 3.63) is 58.3 Å². The standard InChI is InChI=1S/C16H14N2O2S/c1-10-6-11(2)18-15(14(10)8-17)21-9-12-4-3-5-13(7-12)16(19)20/h3-7H,9H2,1-2H3,(H,19,20). The molecule has 0 saturated heterocycles. The number of nitriles is 1. The van der Waals surface area contributed by atoms with E-state index in [9.17, 15) is 10.1 Å². The van der Waals surface area contributed by atoms with Crippen molar-refractivity contribution >= 4 is 17.7 Å². The minimum absolute atomic E-state index is 0.266. The summed E-state index contributed by atoms with van der Waals surface area (Å²) in [5, 5.41) is 18.9. The molecule has 2 rings (SSSR count). The van der Waals surface area contributed by atoms with Gasteiger partial charge in [-0.1, -0.05) is 12.1 Å². The fourth-order valence-corrected chi connectivity index (χ4v) is 3.03. The van der Waals surface area contributed by atoms with Crippen molar-refractivity contribution in [2.24, 2.45) is 0 Å². The van der Waals surface area contributed by atoms with Gasteiger partial charge >= 0.3 is 5.97 Å². The van der Waals surface area contributed by atoms with Crippen LogP contribution in [0.3, 0.4) is 0 Å². The van der Waals surface area contributed by atoms with Gasteiger partial charge < -0.3 is 5.11 Å². The molecule has 0 radical (unpaired) electrons. The Hall–Kier alpha value is -2.32. The normalized spacial score (nSPS) is 10.1. The van der Waals surface area contributed by atoms with E-state index in [-0.39, 0.29) is 5.56 Å². The van der Waals surface area contributed by atoms with Gasteiger partial charge in [0.2, 0.25) is 0 Å². The lowest BCUT2D eigenvalue weighted by atomic mass is 10.1. The van der Waals surface area contributed by atoms with Gasteiger partial charge in [0.05, 0.1) is 11.1 Å². The van der Waals surface area contributed by atoms with Crippen LogP contribution in [0.1, 0.15) is 32.7 Å². The highest BCUT2D eigenvalue weighted by molar-refractivity contribution is 7.98. The minimum atomic E-state index is -0.941. The molecule has 5 heteroatoms. The molecule has 4 nitrogen and oxygen atoms in total. The van der Waals surface area contributed by atoms with E-state index in [0.29, 0.717) is 16.3 Å². The second-order valence-electron chi connectivity index (χ2n) is 4.67. The molecule has 0 spiro atoms. The molecule has 0 saturated carbocycles. The summed E-state index contributed by atoms with van der Waals surface area (Å²) < 4.78 is 0. The van der Waals surface area contributed by atoms with Gasteiger partial charge in [-0.3, -0.25) is 0 Å². The number of carboxylic acid groups (broad SMARTS) is 1. The topological polar surface area (TPSA) is 74.0 Å². The second-order valence-corrected chi connectivity index (χ2v) is 5.63. The Labute approximate surface area is 127 Å². The Morgan fingerprint density at radius 1 is 1.38 bits per heavy atom. The highest BCUT2D eigenvalue weighted by Crippen LogP contribution is 2.27. The van der Waals surface area contributed by atoms with E-state index in [1.54, 1.807) is 18.2 Å². The first-order valence-electron chi connectivity index (χ1n) is 6.34. The lowest BCUT2D eigenvalue weighted by molar-refractivity contribution is 0.0697. The summed E-state index contributed by atoms with van der Waals surface area (Å²) in [5.41, 5.74) is 3.52. The molecule has 0 aliphatic heterocycles. The molecule has 0 amide bonds. The van der Waals surface area contributed by atoms with Crippen LogP contribution < -0.4 is 0 Å². The first-order chi connectivity index (χ1) is 10.0. The van der Waals surface area contributed by atoms with E-state index < -0.39 is 5.97 Å². The number of pyridine rings is 1. The highest BCUT2D eigenvalue weighted by Gasteiger charge is 2.10. The zero-order valence-electron chi connectivity index (χ0n) is 11.8. The summed E-state index contributed by atoms with van der Waals surface area (Å²) in [6.07, 6.45) is 0. The monoisotopic (exact) mass is 298 g/mol. The molecule has 0 atom stereocenters. The molecule has 0 fully saturated rings. The van der Waals surface area contributed by atoms with Crippen molar-refractivity contribution in [2.45, 2.75) is 24.6 Å². The van der Waals surface area contributed by atoms with Crippen LogP contribution >= 0.6 is 11.8 Å². The molecule has 2 aromatic rings. The fraction of sp³-hybridized carbons (Fsp3) is 0.188. The molecule has 1 aromatic heterocycles. The zero-order valence-corrected chi connectivity index (χ0v) is 12.6. The van der Waals surface area contributed by atoms with Gasteiger partial charge in [-0.2, -0.15) is 5.26 Å². The van der Waals surface area contributed by atoms with Crippen LogP contribution in [0, 0.1) is 25.2 Å². The molecule has 1 N–H and O–H groups in total. The SMILES string of the molecule is Cc1cc(C)c(C#N)c(SCc2cccc(C(=O)O)c2)n1. The summed E-state index contributed by atoms with van der Waals surface area (Å²) in [5.74, 6) is -0.366. The van der Waals surface area contributed by atoms with Crippen LogP contribution in [0.2, 0.25) is 0 Å². The van der Waals surface area contributed by atoms with Gasteiger partial charge in [0, 0.05) is 11.4 Å². The molecular formula is C16H14N2O2S. The molecule has 1 heterocycles. The lowest BCUT2D eigenvalue weighted by Crippen LogP contribution is -1.97. The number of aromatic nitrogens is 1. The summed E-state index contributed by atoms with van der Waals surface area (Å²) >= 11 is 1.45. The van der Waals surface area contributed by atoms with Crippen LogP contribution in [0.4, 0.5) is 0 Å². The number of aryl methyl sites for hydroxylation is 2. The Morgan fingerprint density at radius 3 is 2.81 bits per heavy atom. The number of hydrogen-bond acceptors (Lipinski definition) is 4. The predicted molar refractivity (Wildman–Crippen MR) is 81.4 cm³/mol. The Morgan fingerprint density at radius 2 is 2.14 bits per heavy atom. The third kappa shape index (κ3) is 3.61. The van der Waals surface area contributed by atoms with Gasteiger partial charge in [0.15, 0.2) is 0 Å². The van der Waals surface area contributed by atoms with Gasteiger partial charge in [0.1, 0.15) is 11.1 Å². The average molecular weight is 298 g/mol. The van der Waals surface area contributed by atoms with Crippen LogP contribution in [-0.4, -0.2) is 16.1 Å². The van der Waals surface area contributed by atoms with Gasteiger partial charge in [-0.05, 0) is 43.2 Å². The fourth-order valence-electron chi connectivity index (χ4n) is 1.99. The summed E-state index contributed by atoms with van der Waals surface area (Å²) in [4.78, 5) is 15.4. The van der Waals surface area contributed by atoms with E-state index in [1.807, 2.05) is 26.0 Å². The Kier molecular flexibility index (Phi) is 4.61. The summed E-state index contributed by atoms with van der Waals surface area (Å²) in [7, 11) is 0. The van der Waals surface area contributed by atoms with Crippen LogP contribution in [0.5, 0.6) is 0 Å². The zero-order chi connectivity index (χ0) is 15.4. The number of rotatable bonds is 4. The number of nitrogens with zero attached hydrogens (tertiary/aromatic N) is 2. The van der Waals surface area contributed by atoms with E-state index in [2.05, 4.69) is 11.1 Å². The van der Waals surface area contributed by atoms with Crippen molar-refractivity contribution in [3.8, 4) is 6.07 Å². The number of benzene rings is 1. The summed E-state index contributed by atoms with van der Waals surface area (Å²) in [6, 6.07) is 10.9. The lowest BCUT2D eigenvalue weighted by Gasteiger charge is -2.07. The number of thioether (sulfide) groups is 1. The average Bonchev–Trinajstić information content (AvgIpc) is 2.45. The molecule has 0 unspecified atom stereocenters. The number of aromatic carboxylic acids is 1. The van der Waals surface area contributed by atoms with Crippen molar-refractivity contribution in [1.29, 1.82) is 5.26 Å². The Bertz CT molecular complexity index is 736. The van der Waals surface area contributed by atoms with E-state index >= 15 is 0 Å². The summed E-state index contributed by atoms with van der Waals surface area (Å²) in [6.45, 7) is 3.78. The van der Waals surface area contributed by atoms with Crippen molar-refractivity contribution in [2.75, 3.05) is 0 Å². The van der Waals surface area contributed by atoms with E-state index in [4.69, 9.17) is 5.11 Å². The van der Waals surface area contributed by atoms with Crippen LogP contribution in [0.15, 0.2) is 35.4 Å². The molecule has 0 aliphatic rings. The highest BCUT2D eigenvalue weighted by atomic mass is 32.2. The van der Waals surface area contributed by atoms with E-state index in [1.165, 1.54) is 11.8 Å². The number of hydrogen-bond donors (Lipinski definition) is 1. The molecule has 1 aromatic carbocycles. The van der Waals surface area contributed by atoms with Crippen molar-refractivity contribution in [3.63, 3.8) is 0 Å². The quantitative estimate of drug-likeness (QED) is 0.874. The first-order valence-corrected chi connectivity index (χ1v) is 7.33. The minimum Gasteiger partial charge on any atom is -0.478 e. The maximum absolute atomic E-state index is 11.0. The number of carbonyl (C=O) groups is 1. The largest absolute Gasteiger partial charge is 0.478 e. The van der Waals surface area contributed by atoms with E-state index in [0.717, 1.165) is 16.8 Å². The first kappa shape index (κ1) is 15.1. The predicted octanol–water partition coefficient (Wildman–Crippen LogP) is 3.56. The third-order valence-corrected chi connectivity index (χ3v) is 4.02. The third-order valence-electron chi connectivity index (χ3n) is 2.97. The van der Waals surface area contributed by atoms with Crippen molar-refractivity contribution < 1.29 is 9.90 Å². The molecular weight excluding hydrogens is 284 g/mol. The van der Waals surface area contributed by atoms with Crippen LogP contribution in [-0.2, 0) is 5.75 Å². The van der Waals surface area contributed by atoms with Crippen molar-refractivity contribution in [1.82, 2.24) is 4.98 Å². The Balaban J connectivity index is 2.23. The number of carboxylic acids is 1. The smallest absolute Gasteiger partial charge is 0.335 e. The molecule has 21 heavy (non-hydrogen) atoms. The van der Waals surface area contributed by atoms with Gasteiger partial charge in [-0.15, -0.1) is 11.8 Å². The maximum atomic E-state index is 11.0. The van der Waals surface area contributed by atoms with Gasteiger partial charge in [-0.25, -0.2) is 9.78 Å². The van der Waals surface area contributed by atoms with Gasteiger partial charge in [0.25, 0.3) is 0 Å². The molecule has 0 aliphatic carbocycles. The second kappa shape index (κ2) is 6.42. The molecule has 106 valence electrons. The maximum Gasteiger partial charge on any atom is 0.335 e.